The lowest BCUT2D eigenvalue weighted by Crippen LogP contribution is -2.33. The number of fused-ring (bicyclic) bond motifs is 1. The Bertz CT molecular complexity index is 216. The van der Waals surface area contributed by atoms with Gasteiger partial charge in [-0.05, 0) is 49.4 Å². The molecule has 3 rings (SSSR count). The van der Waals surface area contributed by atoms with Gasteiger partial charge in [0.1, 0.15) is 0 Å². The molecule has 0 spiro atoms. The Morgan fingerprint density at radius 2 is 1.19 bits per heavy atom. The van der Waals surface area contributed by atoms with Crippen LogP contribution in [0.15, 0.2) is 0 Å². The molecule has 3 aliphatic carbocycles. The number of hydrogen-bond acceptors (Lipinski definition) is 1. The van der Waals surface area contributed by atoms with Crippen molar-refractivity contribution in [2.24, 2.45) is 29.4 Å². The predicted octanol–water partition coefficient (Wildman–Crippen LogP) is 3.72. The van der Waals surface area contributed by atoms with Crippen molar-refractivity contribution in [2.45, 2.75) is 70.3 Å². The molecule has 3 unspecified atom stereocenters. The van der Waals surface area contributed by atoms with E-state index < -0.39 is 0 Å². The van der Waals surface area contributed by atoms with Crippen LogP contribution >= 0.6 is 0 Å². The fraction of sp³-hybridized carbons (Fsp3) is 1.00. The van der Waals surface area contributed by atoms with Gasteiger partial charge in [0.05, 0.1) is 0 Å². The van der Waals surface area contributed by atoms with E-state index in [2.05, 4.69) is 0 Å². The molecule has 0 heterocycles. The minimum absolute atomic E-state index is 0.561. The fourth-order valence-corrected chi connectivity index (χ4v) is 4.63. The summed E-state index contributed by atoms with van der Waals surface area (Å²) < 4.78 is 0. The SMILES string of the molecule is NC(C1CCCCCC1)C1C2CCCCC21. The summed E-state index contributed by atoms with van der Waals surface area (Å²) in [6.45, 7) is 0. The second kappa shape index (κ2) is 4.68. The zero-order chi connectivity index (χ0) is 11.0. The lowest BCUT2D eigenvalue weighted by atomic mass is 9.88. The summed E-state index contributed by atoms with van der Waals surface area (Å²) >= 11 is 0. The molecule has 3 saturated carbocycles. The third-order valence-corrected chi connectivity index (χ3v) is 5.61. The molecule has 16 heavy (non-hydrogen) atoms. The third-order valence-electron chi connectivity index (χ3n) is 5.61. The maximum atomic E-state index is 6.58. The highest BCUT2D eigenvalue weighted by molar-refractivity contribution is 5.05. The van der Waals surface area contributed by atoms with Gasteiger partial charge in [0.2, 0.25) is 0 Å². The lowest BCUT2D eigenvalue weighted by Gasteiger charge is -2.22. The molecule has 0 radical (unpaired) electrons. The fourth-order valence-electron chi connectivity index (χ4n) is 4.63. The van der Waals surface area contributed by atoms with Crippen LogP contribution in [0, 0.1) is 23.7 Å². The first-order valence-electron chi connectivity index (χ1n) is 7.63. The predicted molar refractivity (Wildman–Crippen MR) is 68.1 cm³/mol. The quantitative estimate of drug-likeness (QED) is 0.707. The molecular formula is C15H27N. The van der Waals surface area contributed by atoms with Crippen molar-refractivity contribution in [1.29, 1.82) is 0 Å². The lowest BCUT2D eigenvalue weighted by molar-refractivity contribution is 0.329. The van der Waals surface area contributed by atoms with E-state index in [1.807, 2.05) is 0 Å². The van der Waals surface area contributed by atoms with E-state index in [0.717, 1.165) is 23.7 Å². The van der Waals surface area contributed by atoms with Gasteiger partial charge < -0.3 is 5.73 Å². The Kier molecular flexibility index (Phi) is 3.24. The molecule has 92 valence electrons. The van der Waals surface area contributed by atoms with Crippen molar-refractivity contribution in [1.82, 2.24) is 0 Å². The zero-order valence-corrected chi connectivity index (χ0v) is 10.5. The minimum Gasteiger partial charge on any atom is -0.327 e. The summed E-state index contributed by atoms with van der Waals surface area (Å²) in [6.07, 6.45) is 14.6. The van der Waals surface area contributed by atoms with E-state index in [0.29, 0.717) is 6.04 Å². The van der Waals surface area contributed by atoms with E-state index in [1.54, 1.807) is 0 Å². The Labute approximate surface area is 100 Å². The summed E-state index contributed by atoms with van der Waals surface area (Å²) in [5, 5.41) is 0. The smallest absolute Gasteiger partial charge is 0.0101 e. The summed E-state index contributed by atoms with van der Waals surface area (Å²) in [5.74, 6) is 3.91. The largest absolute Gasteiger partial charge is 0.327 e. The molecule has 0 aromatic heterocycles. The van der Waals surface area contributed by atoms with Crippen LogP contribution in [0.5, 0.6) is 0 Å². The van der Waals surface area contributed by atoms with Crippen molar-refractivity contribution in [3.05, 3.63) is 0 Å². The van der Waals surface area contributed by atoms with Crippen LogP contribution in [0.4, 0.5) is 0 Å². The Morgan fingerprint density at radius 1 is 0.688 bits per heavy atom. The molecule has 1 heteroatoms. The maximum absolute atomic E-state index is 6.58. The van der Waals surface area contributed by atoms with Crippen LogP contribution in [0.1, 0.15) is 64.2 Å². The van der Waals surface area contributed by atoms with Gasteiger partial charge in [-0.1, -0.05) is 38.5 Å². The van der Waals surface area contributed by atoms with Gasteiger partial charge >= 0.3 is 0 Å². The maximum Gasteiger partial charge on any atom is 0.0101 e. The molecular weight excluding hydrogens is 194 g/mol. The van der Waals surface area contributed by atoms with Gasteiger partial charge in [-0.15, -0.1) is 0 Å². The van der Waals surface area contributed by atoms with Crippen LogP contribution < -0.4 is 5.73 Å². The summed E-state index contributed by atoms with van der Waals surface area (Å²) in [5.41, 5.74) is 6.58. The minimum atomic E-state index is 0.561. The number of nitrogens with two attached hydrogens (primary N) is 1. The van der Waals surface area contributed by atoms with E-state index in [1.165, 1.54) is 64.2 Å². The van der Waals surface area contributed by atoms with Gasteiger partial charge in [-0.3, -0.25) is 0 Å². The first-order valence-corrected chi connectivity index (χ1v) is 7.63. The van der Waals surface area contributed by atoms with Gasteiger partial charge in [0.25, 0.3) is 0 Å². The average Bonchev–Trinajstić information content (AvgIpc) is 3.09. The van der Waals surface area contributed by atoms with Crippen LogP contribution in [-0.2, 0) is 0 Å². The standard InChI is InChI=1S/C15H27N/c16-15(11-7-3-1-2-4-8-11)14-12-9-5-6-10-13(12)14/h11-15H,1-10,16H2. The van der Waals surface area contributed by atoms with Gasteiger partial charge in [-0.25, -0.2) is 0 Å². The molecule has 3 aliphatic rings. The Hall–Kier alpha value is -0.0400. The molecule has 0 amide bonds. The number of hydrogen-bond donors (Lipinski definition) is 1. The number of rotatable bonds is 2. The molecule has 0 aromatic carbocycles. The topological polar surface area (TPSA) is 26.0 Å². The van der Waals surface area contributed by atoms with Gasteiger partial charge in [0, 0.05) is 6.04 Å². The third kappa shape index (κ3) is 2.03. The highest BCUT2D eigenvalue weighted by atomic mass is 14.8. The average molecular weight is 221 g/mol. The molecule has 1 nitrogen and oxygen atoms in total. The van der Waals surface area contributed by atoms with E-state index in [9.17, 15) is 0 Å². The molecule has 2 N–H and O–H groups in total. The van der Waals surface area contributed by atoms with Crippen molar-refractivity contribution in [3.63, 3.8) is 0 Å². The Balaban J connectivity index is 1.57. The molecule has 0 aromatic rings. The molecule has 0 aliphatic heterocycles. The van der Waals surface area contributed by atoms with Crippen LogP contribution in [0.2, 0.25) is 0 Å². The second-order valence-electron chi connectivity index (χ2n) is 6.52. The van der Waals surface area contributed by atoms with Gasteiger partial charge in [0.15, 0.2) is 0 Å². The van der Waals surface area contributed by atoms with Crippen molar-refractivity contribution in [3.8, 4) is 0 Å². The van der Waals surface area contributed by atoms with Crippen molar-refractivity contribution in [2.75, 3.05) is 0 Å². The summed E-state index contributed by atoms with van der Waals surface area (Å²) in [7, 11) is 0. The van der Waals surface area contributed by atoms with Gasteiger partial charge in [-0.2, -0.15) is 0 Å². The highest BCUT2D eigenvalue weighted by Crippen LogP contribution is 2.58. The van der Waals surface area contributed by atoms with Crippen molar-refractivity contribution >= 4 is 0 Å². The normalized spacial score (nSPS) is 42.2. The van der Waals surface area contributed by atoms with E-state index in [4.69, 9.17) is 5.73 Å². The summed E-state index contributed by atoms with van der Waals surface area (Å²) in [4.78, 5) is 0. The first kappa shape index (κ1) is 11.1. The van der Waals surface area contributed by atoms with E-state index >= 15 is 0 Å². The second-order valence-corrected chi connectivity index (χ2v) is 6.52. The highest BCUT2D eigenvalue weighted by Gasteiger charge is 2.54. The zero-order valence-electron chi connectivity index (χ0n) is 10.5. The molecule has 0 saturated heterocycles. The summed E-state index contributed by atoms with van der Waals surface area (Å²) in [6, 6.07) is 0.561. The monoisotopic (exact) mass is 221 g/mol. The Morgan fingerprint density at radius 3 is 1.75 bits per heavy atom. The van der Waals surface area contributed by atoms with Crippen LogP contribution in [-0.4, -0.2) is 6.04 Å². The first-order chi connectivity index (χ1) is 7.88. The van der Waals surface area contributed by atoms with Crippen LogP contribution in [0.25, 0.3) is 0 Å². The van der Waals surface area contributed by atoms with Crippen molar-refractivity contribution < 1.29 is 0 Å². The van der Waals surface area contributed by atoms with E-state index in [-0.39, 0.29) is 0 Å². The molecule has 0 bridgehead atoms. The van der Waals surface area contributed by atoms with Crippen LogP contribution in [0.3, 0.4) is 0 Å². The molecule has 3 atom stereocenters. The molecule has 3 fully saturated rings.